The number of carboxylic acid groups (broad SMARTS) is 1. The van der Waals surface area contributed by atoms with Crippen LogP contribution < -0.4 is 11.1 Å². The summed E-state index contributed by atoms with van der Waals surface area (Å²) in [5, 5.41) is 48.8. The number of aromatic hydroxyl groups is 2. The average molecular weight is 634 g/mol. The Balaban J connectivity index is 1.25. The van der Waals surface area contributed by atoms with Crippen molar-refractivity contribution in [2.45, 2.75) is 29.5 Å². The molecule has 2 aromatic heterocycles. The molecule has 220 valence electrons. The largest absolute Gasteiger partial charge is 0.504 e. The first-order chi connectivity index (χ1) is 20.2. The maximum atomic E-state index is 13.1. The fourth-order valence-electron chi connectivity index (χ4n) is 4.25. The number of fused-ring (bicyclic) bond motifs is 1. The molecule has 16 nitrogen and oxygen atoms in total. The lowest BCUT2D eigenvalue weighted by Gasteiger charge is -2.49. The van der Waals surface area contributed by atoms with Gasteiger partial charge in [0.1, 0.15) is 29.9 Å². The van der Waals surface area contributed by atoms with Crippen LogP contribution in [0.5, 0.6) is 11.5 Å². The quantitative estimate of drug-likeness (QED) is 0.0626. The van der Waals surface area contributed by atoms with E-state index in [4.69, 9.17) is 10.6 Å². The van der Waals surface area contributed by atoms with Gasteiger partial charge in [-0.3, -0.25) is 14.5 Å². The standard InChI is InChI=1S/C23H23N9O7S3/c1-39-28-15(12-9-41-22(24)25-12)18(35)26-16-19(36)32-17(21(37)38)11(7-40-20(16)32)8-42-23-27-29-30-31(23)5-4-10-2-3-13(33)14(34)6-10/h2-3,6,9,16,20,33-34H,4-5,7-8H2,1H3,(H2,24,25)(H,26,35)(H,37,38)/b28-15-/t16?,20-/m1/s1. The number of thioether (sulfide) groups is 2. The number of hydrogen-bond acceptors (Lipinski definition) is 15. The van der Waals surface area contributed by atoms with E-state index in [-0.39, 0.29) is 39.5 Å². The van der Waals surface area contributed by atoms with Crippen molar-refractivity contribution in [2.24, 2.45) is 5.16 Å². The zero-order chi connectivity index (χ0) is 30.0. The van der Waals surface area contributed by atoms with Crippen LogP contribution in [0.3, 0.4) is 0 Å². The Bertz CT molecular complexity index is 1610. The van der Waals surface area contributed by atoms with Gasteiger partial charge in [0.15, 0.2) is 22.3 Å². The van der Waals surface area contributed by atoms with Gasteiger partial charge in [-0.05, 0) is 40.1 Å². The Hall–Kier alpha value is -4.36. The SMILES string of the molecule is CO/N=C(\C(=O)NC1C(=O)N2C(C(=O)O)=C(CSc3nnnn3CCc3ccc(O)c(O)c3)CS[C@H]12)c1csc(N)n1. The number of nitrogen functional groups attached to an aromatic ring is 1. The third-order valence-corrected chi connectivity index (χ3v) is 9.28. The molecule has 5 rings (SSSR count). The molecular formula is C23H23N9O7S3. The van der Waals surface area contributed by atoms with Crippen LogP contribution in [0.1, 0.15) is 11.3 Å². The molecule has 42 heavy (non-hydrogen) atoms. The number of anilines is 1. The second-order valence-electron chi connectivity index (χ2n) is 8.86. The molecule has 2 atom stereocenters. The number of tetrazole rings is 1. The number of aromatic nitrogens is 5. The van der Waals surface area contributed by atoms with Gasteiger partial charge in [-0.2, -0.15) is 0 Å². The summed E-state index contributed by atoms with van der Waals surface area (Å²) in [6, 6.07) is 3.54. The van der Waals surface area contributed by atoms with E-state index in [1.54, 1.807) is 10.7 Å². The number of benzene rings is 1. The molecule has 2 amide bonds. The number of hydrogen-bond donors (Lipinski definition) is 5. The van der Waals surface area contributed by atoms with Crippen LogP contribution in [0.15, 0.2) is 45.2 Å². The van der Waals surface area contributed by atoms with Gasteiger partial charge in [-0.25, -0.2) is 14.5 Å². The molecule has 2 aliphatic rings. The normalized spacial score (nSPS) is 18.5. The van der Waals surface area contributed by atoms with Gasteiger partial charge in [0, 0.05) is 23.4 Å². The number of carboxylic acids is 1. The fourth-order valence-corrected chi connectivity index (χ4v) is 7.18. The molecular weight excluding hydrogens is 611 g/mol. The average Bonchev–Trinajstić information content (AvgIpc) is 3.61. The van der Waals surface area contributed by atoms with Crippen LogP contribution in [0.25, 0.3) is 0 Å². The van der Waals surface area contributed by atoms with E-state index in [0.29, 0.717) is 29.4 Å². The number of carbonyl (C=O) groups excluding carboxylic acids is 2. The first-order valence-electron chi connectivity index (χ1n) is 12.1. The molecule has 0 radical (unpaired) electrons. The predicted molar refractivity (Wildman–Crippen MR) is 152 cm³/mol. The van der Waals surface area contributed by atoms with Crippen molar-refractivity contribution in [1.29, 1.82) is 0 Å². The van der Waals surface area contributed by atoms with Crippen LogP contribution in [0.2, 0.25) is 0 Å². The van der Waals surface area contributed by atoms with Gasteiger partial charge in [-0.1, -0.05) is 23.0 Å². The lowest BCUT2D eigenvalue weighted by atomic mass is 10.0. The second kappa shape index (κ2) is 12.2. The molecule has 0 spiro atoms. The van der Waals surface area contributed by atoms with Gasteiger partial charge < -0.3 is 31.2 Å². The lowest BCUT2D eigenvalue weighted by molar-refractivity contribution is -0.150. The van der Waals surface area contributed by atoms with Crippen LogP contribution >= 0.6 is 34.9 Å². The highest BCUT2D eigenvalue weighted by Gasteiger charge is 2.54. The molecule has 0 bridgehead atoms. The number of nitrogens with two attached hydrogens (primary N) is 1. The Labute approximate surface area is 249 Å². The van der Waals surface area contributed by atoms with E-state index >= 15 is 0 Å². The zero-order valence-electron chi connectivity index (χ0n) is 21.7. The molecule has 0 aliphatic carbocycles. The van der Waals surface area contributed by atoms with Gasteiger partial charge in [0.2, 0.25) is 5.16 Å². The minimum Gasteiger partial charge on any atom is -0.504 e. The van der Waals surface area contributed by atoms with E-state index in [2.05, 4.69) is 31.0 Å². The van der Waals surface area contributed by atoms with Crippen LogP contribution in [0.4, 0.5) is 5.13 Å². The number of phenolic OH excluding ortho intramolecular Hbond substituents is 2. The van der Waals surface area contributed by atoms with Crippen molar-refractivity contribution < 1.29 is 34.5 Å². The summed E-state index contributed by atoms with van der Waals surface area (Å²) in [6.45, 7) is 0.370. The highest BCUT2D eigenvalue weighted by Crippen LogP contribution is 2.41. The van der Waals surface area contributed by atoms with Crippen LogP contribution in [-0.2, 0) is 32.2 Å². The number of carbonyl (C=O) groups is 3. The Kier molecular flexibility index (Phi) is 8.50. The van der Waals surface area contributed by atoms with Crippen molar-refractivity contribution in [3.05, 3.63) is 46.1 Å². The molecule has 3 aromatic rings. The molecule has 1 fully saturated rings. The molecule has 0 saturated carbocycles. The maximum absolute atomic E-state index is 13.1. The first kappa shape index (κ1) is 29.1. The van der Waals surface area contributed by atoms with Crippen molar-refractivity contribution in [3.8, 4) is 11.5 Å². The van der Waals surface area contributed by atoms with Crippen LogP contribution in [-0.4, -0.2) is 98.9 Å². The van der Waals surface area contributed by atoms with Gasteiger partial charge in [0.05, 0.1) is 0 Å². The molecule has 1 aromatic carbocycles. The number of nitrogens with zero attached hydrogens (tertiary/aromatic N) is 7. The molecule has 6 N–H and O–H groups in total. The topological polar surface area (TPSA) is 231 Å². The minimum atomic E-state index is -1.26. The third-order valence-electron chi connectivity index (χ3n) is 6.23. The number of phenols is 2. The summed E-state index contributed by atoms with van der Waals surface area (Å²) in [5.41, 5.74) is 6.80. The lowest BCUT2D eigenvalue weighted by Crippen LogP contribution is -2.71. The Morgan fingerprint density at radius 2 is 2.12 bits per heavy atom. The number of aryl methyl sites for hydroxylation is 2. The minimum absolute atomic E-state index is 0.140. The maximum Gasteiger partial charge on any atom is 0.352 e. The molecule has 2 aliphatic heterocycles. The van der Waals surface area contributed by atoms with E-state index in [0.717, 1.165) is 16.9 Å². The zero-order valence-corrected chi connectivity index (χ0v) is 24.1. The van der Waals surface area contributed by atoms with Gasteiger partial charge >= 0.3 is 5.97 Å². The molecule has 1 saturated heterocycles. The molecule has 1 unspecified atom stereocenters. The van der Waals surface area contributed by atoms with E-state index in [1.807, 2.05) is 0 Å². The van der Waals surface area contributed by atoms with Crippen LogP contribution in [0, 0.1) is 0 Å². The summed E-state index contributed by atoms with van der Waals surface area (Å²) in [6.07, 6.45) is 0.467. The van der Waals surface area contributed by atoms with Crippen molar-refractivity contribution in [3.63, 3.8) is 0 Å². The highest BCUT2D eigenvalue weighted by atomic mass is 32.2. The predicted octanol–water partition coefficient (Wildman–Crippen LogP) is 0.247. The summed E-state index contributed by atoms with van der Waals surface area (Å²) in [4.78, 5) is 48.2. The first-order valence-corrected chi connectivity index (χ1v) is 15.0. The number of amides is 2. The van der Waals surface area contributed by atoms with Crippen molar-refractivity contribution in [1.82, 2.24) is 35.4 Å². The van der Waals surface area contributed by atoms with Gasteiger partial charge in [0.25, 0.3) is 11.8 Å². The number of nitrogens with one attached hydrogen (secondary N) is 1. The number of aliphatic carboxylic acids is 1. The van der Waals surface area contributed by atoms with Crippen molar-refractivity contribution in [2.75, 3.05) is 24.3 Å². The summed E-state index contributed by atoms with van der Waals surface area (Å²) < 4.78 is 1.55. The number of thiazole rings is 1. The fraction of sp³-hybridized carbons (Fsp3) is 0.304. The number of β-lactam (4-membered cyclic amide) rings is 1. The number of oxime groups is 1. The Morgan fingerprint density at radius 1 is 1.31 bits per heavy atom. The van der Waals surface area contributed by atoms with E-state index < -0.39 is 29.2 Å². The van der Waals surface area contributed by atoms with Crippen molar-refractivity contribution >= 4 is 63.5 Å². The Morgan fingerprint density at radius 3 is 2.81 bits per heavy atom. The van der Waals surface area contributed by atoms with E-state index in [1.165, 1.54) is 53.0 Å². The van der Waals surface area contributed by atoms with E-state index in [9.17, 15) is 29.7 Å². The smallest absolute Gasteiger partial charge is 0.352 e. The summed E-state index contributed by atoms with van der Waals surface area (Å²) in [5.74, 6) is -2.48. The summed E-state index contributed by atoms with van der Waals surface area (Å²) in [7, 11) is 1.26. The number of rotatable bonds is 11. The molecule has 19 heteroatoms. The summed E-state index contributed by atoms with van der Waals surface area (Å²) >= 11 is 3.65. The monoisotopic (exact) mass is 633 g/mol. The second-order valence-corrected chi connectivity index (χ2v) is 11.8. The third kappa shape index (κ3) is 5.83. The molecule has 4 heterocycles. The highest BCUT2D eigenvalue weighted by molar-refractivity contribution is 8.01. The van der Waals surface area contributed by atoms with Gasteiger partial charge in [-0.15, -0.1) is 28.2 Å².